The second kappa shape index (κ2) is 6.50. The minimum atomic E-state index is 0.452. The van der Waals surface area contributed by atoms with Crippen LogP contribution in [0.15, 0.2) is 36.8 Å². The second-order valence-corrected chi connectivity index (χ2v) is 4.79. The summed E-state index contributed by atoms with van der Waals surface area (Å²) in [6, 6.07) is 5.90. The maximum atomic E-state index is 6.22. The molecule has 19 heavy (non-hydrogen) atoms. The molecule has 4 nitrogen and oxygen atoms in total. The van der Waals surface area contributed by atoms with Gasteiger partial charge in [-0.25, -0.2) is 4.98 Å². The van der Waals surface area contributed by atoms with E-state index >= 15 is 0 Å². The molecule has 0 bridgehead atoms. The molecular weight excluding hydrogens is 260 g/mol. The van der Waals surface area contributed by atoms with Gasteiger partial charge in [-0.1, -0.05) is 11.6 Å². The highest BCUT2D eigenvalue weighted by Gasteiger charge is 2.08. The summed E-state index contributed by atoms with van der Waals surface area (Å²) in [6.45, 7) is 1.30. The number of hydrogen-bond donors (Lipinski definition) is 1. The largest absolute Gasteiger partial charge is 0.358 e. The summed E-state index contributed by atoms with van der Waals surface area (Å²) in [5.41, 5.74) is 7.75. The standard InChI is InChI=1S/C14H17ClN4/c1-19(7-4-11-2-5-17-6-3-11)14-13(15)8-12(9-16)10-18-14/h2-3,5-6,8,10H,4,7,9,16H2,1H3. The Morgan fingerprint density at radius 2 is 2.00 bits per heavy atom. The van der Waals surface area contributed by atoms with Gasteiger partial charge in [0.2, 0.25) is 0 Å². The van der Waals surface area contributed by atoms with Crippen LogP contribution in [0.3, 0.4) is 0 Å². The number of pyridine rings is 2. The highest BCUT2D eigenvalue weighted by Crippen LogP contribution is 2.23. The molecule has 0 amide bonds. The SMILES string of the molecule is CN(CCc1ccncc1)c1ncc(CN)cc1Cl. The van der Waals surface area contributed by atoms with E-state index in [-0.39, 0.29) is 0 Å². The smallest absolute Gasteiger partial charge is 0.147 e. The summed E-state index contributed by atoms with van der Waals surface area (Å²) in [5.74, 6) is 0.785. The van der Waals surface area contributed by atoms with Crippen LogP contribution >= 0.6 is 11.6 Å². The van der Waals surface area contributed by atoms with Crippen molar-refractivity contribution >= 4 is 17.4 Å². The van der Waals surface area contributed by atoms with Gasteiger partial charge in [0.25, 0.3) is 0 Å². The van der Waals surface area contributed by atoms with E-state index in [2.05, 4.69) is 9.97 Å². The van der Waals surface area contributed by atoms with Crippen LogP contribution < -0.4 is 10.6 Å². The molecule has 0 aliphatic heterocycles. The van der Waals surface area contributed by atoms with Crippen LogP contribution in [0.1, 0.15) is 11.1 Å². The number of likely N-dealkylation sites (N-methyl/N-ethyl adjacent to an activating group) is 1. The van der Waals surface area contributed by atoms with Crippen LogP contribution in [-0.4, -0.2) is 23.6 Å². The predicted molar refractivity (Wildman–Crippen MR) is 78.3 cm³/mol. The monoisotopic (exact) mass is 276 g/mol. The first kappa shape index (κ1) is 13.8. The highest BCUT2D eigenvalue weighted by atomic mass is 35.5. The van der Waals surface area contributed by atoms with Crippen molar-refractivity contribution < 1.29 is 0 Å². The molecule has 2 rings (SSSR count). The maximum Gasteiger partial charge on any atom is 0.147 e. The quantitative estimate of drug-likeness (QED) is 0.910. The zero-order chi connectivity index (χ0) is 13.7. The van der Waals surface area contributed by atoms with Gasteiger partial charge in [0.1, 0.15) is 5.82 Å². The third kappa shape index (κ3) is 3.66. The van der Waals surface area contributed by atoms with Crippen LogP contribution in [0, 0.1) is 0 Å². The van der Waals surface area contributed by atoms with Gasteiger partial charge in [0, 0.05) is 38.7 Å². The van der Waals surface area contributed by atoms with Crippen LogP contribution in [0.25, 0.3) is 0 Å². The third-order valence-corrected chi connectivity index (χ3v) is 3.24. The fraction of sp³-hybridized carbons (Fsp3) is 0.286. The zero-order valence-electron chi connectivity index (χ0n) is 10.9. The van der Waals surface area contributed by atoms with Crippen LogP contribution in [0.5, 0.6) is 0 Å². The lowest BCUT2D eigenvalue weighted by Gasteiger charge is -2.19. The Hall–Kier alpha value is -1.65. The lowest BCUT2D eigenvalue weighted by Crippen LogP contribution is -2.22. The highest BCUT2D eigenvalue weighted by molar-refractivity contribution is 6.33. The molecule has 0 saturated carbocycles. The van der Waals surface area contributed by atoms with E-state index < -0.39 is 0 Å². The van der Waals surface area contributed by atoms with E-state index in [1.807, 2.05) is 30.1 Å². The van der Waals surface area contributed by atoms with Crippen molar-refractivity contribution in [3.05, 3.63) is 52.9 Å². The van der Waals surface area contributed by atoms with Gasteiger partial charge >= 0.3 is 0 Å². The van der Waals surface area contributed by atoms with E-state index in [0.717, 1.165) is 24.3 Å². The minimum absolute atomic E-state index is 0.452. The third-order valence-electron chi connectivity index (χ3n) is 2.96. The van der Waals surface area contributed by atoms with Crippen molar-refractivity contribution in [1.29, 1.82) is 0 Å². The maximum absolute atomic E-state index is 6.22. The average Bonchev–Trinajstić information content (AvgIpc) is 2.45. The topological polar surface area (TPSA) is 55.0 Å². The van der Waals surface area contributed by atoms with Crippen molar-refractivity contribution in [2.24, 2.45) is 5.73 Å². The molecule has 5 heteroatoms. The van der Waals surface area contributed by atoms with E-state index in [1.165, 1.54) is 5.56 Å². The number of aromatic nitrogens is 2. The van der Waals surface area contributed by atoms with Crippen molar-refractivity contribution in [3.63, 3.8) is 0 Å². The van der Waals surface area contributed by atoms with Crippen LogP contribution in [0.2, 0.25) is 5.02 Å². The van der Waals surface area contributed by atoms with E-state index in [1.54, 1.807) is 18.6 Å². The van der Waals surface area contributed by atoms with Crippen molar-refractivity contribution in [2.75, 3.05) is 18.5 Å². The average molecular weight is 277 g/mol. The Morgan fingerprint density at radius 1 is 1.26 bits per heavy atom. The molecule has 0 atom stereocenters. The van der Waals surface area contributed by atoms with E-state index in [4.69, 9.17) is 17.3 Å². The molecule has 100 valence electrons. The number of nitrogens with zero attached hydrogens (tertiary/aromatic N) is 3. The van der Waals surface area contributed by atoms with Crippen LogP contribution in [0.4, 0.5) is 5.82 Å². The second-order valence-electron chi connectivity index (χ2n) is 4.38. The molecule has 0 aliphatic carbocycles. The van der Waals surface area contributed by atoms with Gasteiger partial charge in [-0.15, -0.1) is 0 Å². The first-order valence-electron chi connectivity index (χ1n) is 6.15. The summed E-state index contributed by atoms with van der Waals surface area (Å²) in [4.78, 5) is 10.4. The Labute approximate surface area is 118 Å². The first-order chi connectivity index (χ1) is 9.20. The van der Waals surface area contributed by atoms with Crippen molar-refractivity contribution in [3.8, 4) is 0 Å². The molecule has 0 spiro atoms. The molecule has 2 N–H and O–H groups in total. The van der Waals surface area contributed by atoms with Crippen LogP contribution in [-0.2, 0) is 13.0 Å². The lowest BCUT2D eigenvalue weighted by atomic mass is 10.2. The number of rotatable bonds is 5. The fourth-order valence-electron chi connectivity index (χ4n) is 1.81. The number of anilines is 1. The van der Waals surface area contributed by atoms with Crippen molar-refractivity contribution in [1.82, 2.24) is 9.97 Å². The molecule has 0 aliphatic rings. The molecule has 2 aromatic heterocycles. The zero-order valence-corrected chi connectivity index (χ0v) is 11.6. The Morgan fingerprint density at radius 3 is 2.63 bits per heavy atom. The van der Waals surface area contributed by atoms with Gasteiger partial charge in [-0.05, 0) is 35.7 Å². The molecule has 0 saturated heterocycles. The number of hydrogen-bond acceptors (Lipinski definition) is 4. The molecule has 2 heterocycles. The lowest BCUT2D eigenvalue weighted by molar-refractivity contribution is 0.856. The van der Waals surface area contributed by atoms with E-state index in [0.29, 0.717) is 11.6 Å². The minimum Gasteiger partial charge on any atom is -0.358 e. The van der Waals surface area contributed by atoms with Crippen molar-refractivity contribution in [2.45, 2.75) is 13.0 Å². The molecule has 0 aromatic carbocycles. The summed E-state index contributed by atoms with van der Waals surface area (Å²) >= 11 is 6.22. The fourth-order valence-corrected chi connectivity index (χ4v) is 2.15. The van der Waals surface area contributed by atoms with Gasteiger partial charge in [-0.3, -0.25) is 4.98 Å². The van der Waals surface area contributed by atoms with Gasteiger partial charge in [0.05, 0.1) is 5.02 Å². The van der Waals surface area contributed by atoms with Gasteiger partial charge < -0.3 is 10.6 Å². The van der Waals surface area contributed by atoms with Gasteiger partial charge in [0.15, 0.2) is 0 Å². The Bertz CT molecular complexity index is 530. The summed E-state index contributed by atoms with van der Waals surface area (Å²) in [6.07, 6.45) is 6.30. The molecular formula is C14H17ClN4. The molecule has 0 unspecified atom stereocenters. The molecule has 2 aromatic rings. The Kier molecular flexibility index (Phi) is 4.71. The summed E-state index contributed by atoms with van der Waals surface area (Å²) < 4.78 is 0. The first-order valence-corrected chi connectivity index (χ1v) is 6.53. The summed E-state index contributed by atoms with van der Waals surface area (Å²) in [5, 5.41) is 0.639. The number of halogens is 1. The van der Waals surface area contributed by atoms with E-state index in [9.17, 15) is 0 Å². The summed E-state index contributed by atoms with van der Waals surface area (Å²) in [7, 11) is 1.98. The molecule has 0 radical (unpaired) electrons. The molecule has 0 fully saturated rings. The Balaban J connectivity index is 2.02. The normalized spacial score (nSPS) is 10.5. The van der Waals surface area contributed by atoms with Gasteiger partial charge in [-0.2, -0.15) is 0 Å². The predicted octanol–water partition coefficient (Wildman–Crippen LogP) is 2.27. The number of nitrogens with two attached hydrogens (primary N) is 1.